The molecule has 1 heterocycles. The zero-order valence-corrected chi connectivity index (χ0v) is 23.4. The highest BCUT2D eigenvalue weighted by atomic mass is 32.2. The molecule has 1 aliphatic rings. The molecule has 2 rings (SSSR count). The van der Waals surface area contributed by atoms with Gasteiger partial charge in [0.2, 0.25) is 10.0 Å². The van der Waals surface area contributed by atoms with Crippen LogP contribution in [0.5, 0.6) is 0 Å². The number of hydrazone groups is 1. The number of rotatable bonds is 9. The van der Waals surface area contributed by atoms with Crippen LogP contribution in [0.25, 0.3) is 0 Å². The lowest BCUT2D eigenvalue weighted by Crippen LogP contribution is -2.53. The Morgan fingerprint density at radius 3 is 2.43 bits per heavy atom. The van der Waals surface area contributed by atoms with Gasteiger partial charge in [-0.05, 0) is 49.0 Å². The lowest BCUT2D eigenvalue weighted by atomic mass is 9.79. The molecule has 1 aromatic carbocycles. The molecule has 1 aliphatic heterocycles. The predicted octanol–water partition coefficient (Wildman–Crippen LogP) is 3.56. The summed E-state index contributed by atoms with van der Waals surface area (Å²) in [6.07, 6.45) is 1.22. The summed E-state index contributed by atoms with van der Waals surface area (Å²) in [7, 11) is -3.95. The lowest BCUT2D eigenvalue weighted by Gasteiger charge is -2.36. The number of carbonyl (C=O) groups is 1. The third kappa shape index (κ3) is 7.24. The highest BCUT2D eigenvalue weighted by Gasteiger charge is 2.52. The fourth-order valence-electron chi connectivity index (χ4n) is 3.75. The molecule has 0 unspecified atom stereocenters. The molecule has 1 fully saturated rings. The van der Waals surface area contributed by atoms with Crippen molar-refractivity contribution in [2.45, 2.75) is 59.5 Å². The van der Waals surface area contributed by atoms with Crippen molar-refractivity contribution < 1.29 is 27.3 Å². The average Bonchev–Trinajstić information content (AvgIpc) is 3.15. The van der Waals surface area contributed by atoms with Crippen molar-refractivity contribution in [2.24, 2.45) is 16.4 Å². The number of carbonyl (C=O) groups excluding carboxylic acids is 1. The van der Waals surface area contributed by atoms with Gasteiger partial charge in [0, 0.05) is 32.1 Å². The predicted molar refractivity (Wildman–Crippen MR) is 136 cm³/mol. The van der Waals surface area contributed by atoms with E-state index in [1.165, 1.54) is 49.4 Å². The van der Waals surface area contributed by atoms with Gasteiger partial charge in [0.1, 0.15) is 6.61 Å². The molecule has 0 N–H and O–H groups in total. The summed E-state index contributed by atoms with van der Waals surface area (Å²) >= 11 is 0. The highest BCUT2D eigenvalue weighted by molar-refractivity contribution is 7.89. The van der Waals surface area contributed by atoms with Gasteiger partial charge < -0.3 is 9.16 Å². The fourth-order valence-corrected chi connectivity index (χ4v) is 5.42. The van der Waals surface area contributed by atoms with Gasteiger partial charge in [-0.15, -0.1) is 0 Å². The molecule has 0 saturated carbocycles. The van der Waals surface area contributed by atoms with E-state index in [0.29, 0.717) is 18.5 Å². The molecule has 35 heavy (non-hydrogen) atoms. The van der Waals surface area contributed by atoms with Crippen molar-refractivity contribution in [3.8, 4) is 0 Å². The summed E-state index contributed by atoms with van der Waals surface area (Å²) in [6, 6.07) is 5.76. The molecule has 0 aromatic heterocycles. The van der Waals surface area contributed by atoms with Crippen LogP contribution in [0.4, 0.5) is 10.5 Å². The molecule has 11 nitrogen and oxygen atoms in total. The Morgan fingerprint density at radius 2 is 1.94 bits per heavy atom. The monoisotopic (exact) mass is 528 g/mol. The van der Waals surface area contributed by atoms with Crippen molar-refractivity contribution in [3.63, 3.8) is 0 Å². The second kappa shape index (κ2) is 11.0. The standard InChI is InChI=1S/C22H36N4O7SSi/c1-8-34(30,31)24(5)23-16-22(33-35(6)7)13-18(21(2,3)4)14-25(22)20(27)32-15-17-9-11-19(12-10-17)26(28)29/h9-12,16,18,35H,8,13-15H2,1-7H3/t18-,22-/m0/s1. The zero-order chi connectivity index (χ0) is 26.6. The lowest BCUT2D eigenvalue weighted by molar-refractivity contribution is -0.384. The number of benzene rings is 1. The molecule has 1 aromatic rings. The largest absolute Gasteiger partial charge is 0.444 e. The van der Waals surface area contributed by atoms with Crippen LogP contribution in [0.2, 0.25) is 13.1 Å². The molecule has 13 heteroatoms. The minimum absolute atomic E-state index is 0.0433. The van der Waals surface area contributed by atoms with E-state index in [4.69, 9.17) is 9.16 Å². The molecule has 1 amide bonds. The molecule has 0 spiro atoms. The molecule has 1 saturated heterocycles. The summed E-state index contributed by atoms with van der Waals surface area (Å²) in [5, 5.41) is 15.0. The van der Waals surface area contributed by atoms with Gasteiger partial charge in [-0.2, -0.15) is 9.52 Å². The van der Waals surface area contributed by atoms with E-state index in [1.54, 1.807) is 0 Å². The maximum absolute atomic E-state index is 13.3. The summed E-state index contributed by atoms with van der Waals surface area (Å²) in [4.78, 5) is 25.1. The first-order chi connectivity index (χ1) is 16.1. The van der Waals surface area contributed by atoms with E-state index >= 15 is 0 Å². The van der Waals surface area contributed by atoms with E-state index in [0.717, 1.165) is 4.41 Å². The maximum atomic E-state index is 13.3. The minimum atomic E-state index is -3.57. The van der Waals surface area contributed by atoms with Gasteiger partial charge in [-0.3, -0.25) is 15.0 Å². The molecular formula is C22H36N4O7SSi. The third-order valence-corrected chi connectivity index (χ3v) is 8.49. The number of non-ortho nitro benzene ring substituents is 1. The van der Waals surface area contributed by atoms with Crippen LogP contribution in [0, 0.1) is 21.4 Å². The quantitative estimate of drug-likeness (QED) is 0.207. The van der Waals surface area contributed by atoms with Crippen molar-refractivity contribution in [2.75, 3.05) is 19.3 Å². The summed E-state index contributed by atoms with van der Waals surface area (Å²) in [6.45, 7) is 12.0. The minimum Gasteiger partial charge on any atom is -0.444 e. The third-order valence-electron chi connectivity index (χ3n) is 5.98. The van der Waals surface area contributed by atoms with E-state index in [9.17, 15) is 23.3 Å². The Hall–Kier alpha value is -2.51. The van der Waals surface area contributed by atoms with Crippen LogP contribution in [-0.2, 0) is 25.8 Å². The average molecular weight is 529 g/mol. The normalized spacial score (nSPS) is 21.0. The second-order valence-corrected chi connectivity index (χ2v) is 14.5. The van der Waals surface area contributed by atoms with Crippen LogP contribution < -0.4 is 0 Å². The van der Waals surface area contributed by atoms with E-state index in [2.05, 4.69) is 25.9 Å². The van der Waals surface area contributed by atoms with Crippen molar-refractivity contribution in [1.29, 1.82) is 0 Å². The van der Waals surface area contributed by atoms with E-state index in [1.807, 2.05) is 13.1 Å². The number of hydrogen-bond donors (Lipinski definition) is 0. The van der Waals surface area contributed by atoms with Crippen molar-refractivity contribution >= 4 is 37.1 Å². The van der Waals surface area contributed by atoms with Crippen LogP contribution in [0.1, 0.15) is 39.7 Å². The zero-order valence-electron chi connectivity index (χ0n) is 21.4. The number of sulfonamides is 1. The molecule has 2 atom stereocenters. The fraction of sp³-hybridized carbons (Fsp3) is 0.636. The van der Waals surface area contributed by atoms with Gasteiger partial charge in [-0.25, -0.2) is 13.2 Å². The van der Waals surface area contributed by atoms with Crippen LogP contribution >= 0.6 is 0 Å². The van der Waals surface area contributed by atoms with Gasteiger partial charge >= 0.3 is 6.09 Å². The first kappa shape index (κ1) is 28.7. The summed E-state index contributed by atoms with van der Waals surface area (Å²) in [5.74, 6) is -0.0686. The Morgan fingerprint density at radius 1 is 1.34 bits per heavy atom. The Balaban J connectivity index is 2.36. The van der Waals surface area contributed by atoms with Crippen LogP contribution in [-0.4, -0.2) is 69.1 Å². The number of nitrogens with zero attached hydrogens (tertiary/aromatic N) is 4. The molecule has 0 aliphatic carbocycles. The van der Waals surface area contributed by atoms with Gasteiger partial charge in [0.25, 0.3) is 5.69 Å². The molecule has 0 bridgehead atoms. The topological polar surface area (TPSA) is 132 Å². The number of amides is 1. The Bertz CT molecular complexity index is 1040. The van der Waals surface area contributed by atoms with Gasteiger partial charge in [0.05, 0.1) is 16.9 Å². The van der Waals surface area contributed by atoms with Crippen molar-refractivity contribution in [3.05, 3.63) is 39.9 Å². The summed E-state index contributed by atoms with van der Waals surface area (Å²) in [5.41, 5.74) is -0.856. The molecule has 0 radical (unpaired) electrons. The number of ether oxygens (including phenoxy) is 1. The first-order valence-corrected chi connectivity index (χ1v) is 15.9. The highest BCUT2D eigenvalue weighted by Crippen LogP contribution is 2.43. The van der Waals surface area contributed by atoms with Crippen molar-refractivity contribution in [1.82, 2.24) is 9.31 Å². The summed E-state index contributed by atoms with van der Waals surface area (Å²) < 4.78 is 37.3. The number of nitro groups is 1. The number of nitro benzene ring substituents is 1. The smallest absolute Gasteiger partial charge is 0.412 e. The SMILES string of the molecule is CCS(=O)(=O)N(C)N=C[C@@]1(O[SiH](C)C)C[C@H](C(C)(C)C)CN1C(=O)OCc1ccc([N+](=O)[O-])cc1. The second-order valence-electron chi connectivity index (χ2n) is 9.95. The van der Waals surface area contributed by atoms with E-state index in [-0.39, 0.29) is 29.4 Å². The van der Waals surface area contributed by atoms with E-state index < -0.39 is 35.8 Å². The van der Waals surface area contributed by atoms with Crippen LogP contribution in [0.3, 0.4) is 0 Å². The van der Waals surface area contributed by atoms with Crippen LogP contribution in [0.15, 0.2) is 29.4 Å². The Labute approximate surface area is 209 Å². The Kier molecular flexibility index (Phi) is 9.06. The molecular weight excluding hydrogens is 492 g/mol. The first-order valence-electron chi connectivity index (χ1n) is 11.5. The number of likely N-dealkylation sites (tertiary alicyclic amines) is 1. The molecule has 196 valence electrons. The van der Waals surface area contributed by atoms with Gasteiger partial charge in [-0.1, -0.05) is 20.8 Å². The van der Waals surface area contributed by atoms with Gasteiger partial charge in [0.15, 0.2) is 14.8 Å². The maximum Gasteiger partial charge on any atom is 0.412 e. The number of hydrogen-bond acceptors (Lipinski definition) is 8.